The number of rotatable bonds is 5. The van der Waals surface area contributed by atoms with E-state index in [1.165, 1.54) is 0 Å². The lowest BCUT2D eigenvalue weighted by Gasteiger charge is -2.23. The molecule has 136 valence electrons. The van der Waals surface area contributed by atoms with Crippen LogP contribution in [-0.2, 0) is 11.3 Å². The van der Waals surface area contributed by atoms with E-state index in [2.05, 4.69) is 15.0 Å². The minimum absolute atomic E-state index is 0.0688. The number of para-hydroxylation sites is 1. The standard InChI is InChI=1S/C19H23N5O2/c1-12(2)17-20-9-10-24(17)13(3)19(26)23(4)11-16-21-15-8-6-5-7-14(15)18(25)22-16/h5-10,12-13H,11H2,1-4H3,(H,21,22,25)/t13-/m1/s1. The highest BCUT2D eigenvalue weighted by molar-refractivity contribution is 5.80. The Bertz CT molecular complexity index is 989. The number of likely N-dealkylation sites (N-methyl/N-ethyl adjacent to an activating group) is 1. The monoisotopic (exact) mass is 353 g/mol. The number of nitrogens with one attached hydrogen (secondary N) is 1. The summed E-state index contributed by atoms with van der Waals surface area (Å²) >= 11 is 0. The summed E-state index contributed by atoms with van der Waals surface area (Å²) in [4.78, 5) is 38.1. The first-order valence-electron chi connectivity index (χ1n) is 8.64. The second kappa shape index (κ2) is 7.11. The highest BCUT2D eigenvalue weighted by Gasteiger charge is 2.23. The molecule has 0 aliphatic heterocycles. The number of carbonyl (C=O) groups is 1. The van der Waals surface area contributed by atoms with Crippen molar-refractivity contribution in [3.8, 4) is 0 Å². The molecule has 1 atom stereocenters. The molecule has 26 heavy (non-hydrogen) atoms. The highest BCUT2D eigenvalue weighted by atomic mass is 16.2. The topological polar surface area (TPSA) is 83.9 Å². The molecule has 0 radical (unpaired) electrons. The van der Waals surface area contributed by atoms with E-state index in [0.29, 0.717) is 16.7 Å². The number of aromatic nitrogens is 4. The Morgan fingerprint density at radius 3 is 2.73 bits per heavy atom. The molecular weight excluding hydrogens is 330 g/mol. The lowest BCUT2D eigenvalue weighted by molar-refractivity contribution is -0.133. The predicted molar refractivity (Wildman–Crippen MR) is 99.9 cm³/mol. The Kier molecular flexibility index (Phi) is 4.88. The van der Waals surface area contributed by atoms with Crippen molar-refractivity contribution in [2.75, 3.05) is 7.05 Å². The fraction of sp³-hybridized carbons (Fsp3) is 0.368. The van der Waals surface area contributed by atoms with E-state index in [1.807, 2.05) is 37.6 Å². The van der Waals surface area contributed by atoms with Gasteiger partial charge < -0.3 is 14.5 Å². The van der Waals surface area contributed by atoms with Gasteiger partial charge in [0.1, 0.15) is 17.7 Å². The summed E-state index contributed by atoms with van der Waals surface area (Å²) in [5.41, 5.74) is 0.424. The molecule has 0 fully saturated rings. The van der Waals surface area contributed by atoms with Gasteiger partial charge in [-0.3, -0.25) is 9.59 Å². The van der Waals surface area contributed by atoms with Gasteiger partial charge in [-0.1, -0.05) is 26.0 Å². The Hall–Kier alpha value is -2.96. The Labute approximate surface area is 151 Å². The van der Waals surface area contributed by atoms with Crippen LogP contribution in [0.4, 0.5) is 0 Å². The summed E-state index contributed by atoms with van der Waals surface area (Å²) in [6, 6.07) is 6.77. The molecule has 7 nitrogen and oxygen atoms in total. The fourth-order valence-corrected chi connectivity index (χ4v) is 3.05. The lowest BCUT2D eigenvalue weighted by atomic mass is 10.2. The Morgan fingerprint density at radius 1 is 1.27 bits per heavy atom. The van der Waals surface area contributed by atoms with Crippen LogP contribution < -0.4 is 5.56 Å². The van der Waals surface area contributed by atoms with Gasteiger partial charge in [0.2, 0.25) is 5.91 Å². The van der Waals surface area contributed by atoms with Gasteiger partial charge in [-0.2, -0.15) is 0 Å². The van der Waals surface area contributed by atoms with E-state index in [1.54, 1.807) is 36.3 Å². The van der Waals surface area contributed by atoms with Gasteiger partial charge in [-0.15, -0.1) is 0 Å². The van der Waals surface area contributed by atoms with Gasteiger partial charge in [0, 0.05) is 25.4 Å². The van der Waals surface area contributed by atoms with Crippen molar-refractivity contribution in [3.63, 3.8) is 0 Å². The molecule has 0 unspecified atom stereocenters. The quantitative estimate of drug-likeness (QED) is 0.764. The highest BCUT2D eigenvalue weighted by Crippen LogP contribution is 2.19. The van der Waals surface area contributed by atoms with Gasteiger partial charge >= 0.3 is 0 Å². The molecule has 0 aliphatic rings. The number of hydrogen-bond acceptors (Lipinski definition) is 4. The van der Waals surface area contributed by atoms with Crippen molar-refractivity contribution < 1.29 is 4.79 Å². The van der Waals surface area contributed by atoms with Crippen LogP contribution in [0.25, 0.3) is 10.9 Å². The summed E-state index contributed by atoms with van der Waals surface area (Å²) in [5, 5.41) is 0.540. The van der Waals surface area contributed by atoms with Gasteiger partial charge in [0.15, 0.2) is 0 Å². The van der Waals surface area contributed by atoms with E-state index < -0.39 is 0 Å². The number of H-pyrrole nitrogens is 1. The van der Waals surface area contributed by atoms with Crippen LogP contribution in [-0.4, -0.2) is 37.4 Å². The smallest absolute Gasteiger partial charge is 0.258 e. The van der Waals surface area contributed by atoms with Gasteiger partial charge in [-0.25, -0.2) is 9.97 Å². The molecule has 0 saturated carbocycles. The fourth-order valence-electron chi connectivity index (χ4n) is 3.05. The van der Waals surface area contributed by atoms with Gasteiger partial charge in [0.25, 0.3) is 5.56 Å². The third-order valence-corrected chi connectivity index (χ3v) is 4.41. The number of benzene rings is 1. The van der Waals surface area contributed by atoms with Crippen molar-refractivity contribution in [3.05, 3.63) is 58.7 Å². The minimum atomic E-state index is -0.382. The average molecular weight is 353 g/mol. The Balaban J connectivity index is 1.81. The van der Waals surface area contributed by atoms with Crippen molar-refractivity contribution in [2.45, 2.75) is 39.3 Å². The zero-order chi connectivity index (χ0) is 18.8. The number of carbonyl (C=O) groups excluding carboxylic acids is 1. The van der Waals surface area contributed by atoms with E-state index in [4.69, 9.17) is 0 Å². The summed E-state index contributed by atoms with van der Waals surface area (Å²) in [5.74, 6) is 1.49. The molecule has 2 aromatic heterocycles. The van der Waals surface area contributed by atoms with Crippen LogP contribution in [0.2, 0.25) is 0 Å². The number of nitrogens with zero attached hydrogens (tertiary/aromatic N) is 4. The zero-order valence-electron chi connectivity index (χ0n) is 15.4. The van der Waals surface area contributed by atoms with E-state index >= 15 is 0 Å². The lowest BCUT2D eigenvalue weighted by Crippen LogP contribution is -2.34. The maximum Gasteiger partial charge on any atom is 0.258 e. The molecule has 1 aromatic carbocycles. The first-order chi connectivity index (χ1) is 12.4. The van der Waals surface area contributed by atoms with Crippen LogP contribution in [0.1, 0.15) is 44.4 Å². The summed E-state index contributed by atoms with van der Waals surface area (Å²) < 4.78 is 1.89. The first kappa shape index (κ1) is 17.8. The molecule has 3 rings (SSSR count). The average Bonchev–Trinajstić information content (AvgIpc) is 3.10. The molecule has 1 amide bonds. The summed E-state index contributed by atoms with van der Waals surface area (Å²) in [6.45, 7) is 6.17. The molecule has 3 aromatic rings. The van der Waals surface area contributed by atoms with Crippen LogP contribution in [0.3, 0.4) is 0 Å². The van der Waals surface area contributed by atoms with Crippen LogP contribution in [0.15, 0.2) is 41.5 Å². The second-order valence-electron chi connectivity index (χ2n) is 6.75. The number of aromatic amines is 1. The number of amides is 1. The third-order valence-electron chi connectivity index (χ3n) is 4.41. The normalized spacial score (nSPS) is 12.5. The summed E-state index contributed by atoms with van der Waals surface area (Å²) in [7, 11) is 1.71. The maximum atomic E-state index is 12.8. The van der Waals surface area contributed by atoms with Gasteiger partial charge in [-0.05, 0) is 19.1 Å². The molecule has 2 heterocycles. The number of fused-ring (bicyclic) bond motifs is 1. The second-order valence-corrected chi connectivity index (χ2v) is 6.75. The van der Waals surface area contributed by atoms with E-state index in [0.717, 1.165) is 5.82 Å². The van der Waals surface area contributed by atoms with Crippen LogP contribution in [0.5, 0.6) is 0 Å². The molecular formula is C19H23N5O2. The molecule has 1 N–H and O–H groups in total. The maximum absolute atomic E-state index is 12.8. The van der Waals surface area contributed by atoms with Crippen molar-refractivity contribution in [2.24, 2.45) is 0 Å². The van der Waals surface area contributed by atoms with E-state index in [-0.39, 0.29) is 30.0 Å². The summed E-state index contributed by atoms with van der Waals surface area (Å²) in [6.07, 6.45) is 3.53. The van der Waals surface area contributed by atoms with Crippen molar-refractivity contribution >= 4 is 16.8 Å². The molecule has 0 spiro atoms. The van der Waals surface area contributed by atoms with Gasteiger partial charge in [0.05, 0.1) is 17.4 Å². The third kappa shape index (κ3) is 3.37. The number of hydrogen-bond donors (Lipinski definition) is 1. The number of imidazole rings is 1. The Morgan fingerprint density at radius 2 is 2.00 bits per heavy atom. The molecule has 7 heteroatoms. The largest absolute Gasteiger partial charge is 0.336 e. The minimum Gasteiger partial charge on any atom is -0.336 e. The zero-order valence-corrected chi connectivity index (χ0v) is 15.4. The van der Waals surface area contributed by atoms with Crippen LogP contribution >= 0.6 is 0 Å². The van der Waals surface area contributed by atoms with Crippen LogP contribution in [0, 0.1) is 0 Å². The first-order valence-corrected chi connectivity index (χ1v) is 8.64. The molecule has 0 aliphatic carbocycles. The van der Waals surface area contributed by atoms with E-state index in [9.17, 15) is 9.59 Å². The van der Waals surface area contributed by atoms with Crippen molar-refractivity contribution in [1.82, 2.24) is 24.4 Å². The SMILES string of the molecule is CC(C)c1nccn1[C@H](C)C(=O)N(C)Cc1nc2ccccc2c(=O)[nH]1. The molecule has 0 saturated heterocycles. The van der Waals surface area contributed by atoms with Crippen molar-refractivity contribution in [1.29, 1.82) is 0 Å². The predicted octanol–water partition coefficient (Wildman–Crippen LogP) is 2.46. The molecule has 0 bridgehead atoms.